The quantitative estimate of drug-likeness (QED) is 0.733. The number of nitrogens with zero attached hydrogens (tertiary/aromatic N) is 2. The van der Waals surface area contributed by atoms with E-state index in [9.17, 15) is 9.59 Å². The van der Waals surface area contributed by atoms with Gasteiger partial charge in [0.2, 0.25) is 5.91 Å². The van der Waals surface area contributed by atoms with Crippen molar-refractivity contribution in [1.82, 2.24) is 9.13 Å². The standard InChI is InChI=1S/C21H25N3O2S/c1-13-7-9-14(10-8-13)27-18-12-17-16(23(5)20(26)24(17)6)11-15(18)22-19(25)21(2,3)4/h7-12H,1-6H3,(H,22,25). The van der Waals surface area contributed by atoms with E-state index in [1.807, 2.05) is 32.9 Å². The number of benzene rings is 2. The Labute approximate surface area is 163 Å². The number of rotatable bonds is 3. The number of imidazole rings is 1. The fourth-order valence-corrected chi connectivity index (χ4v) is 3.67. The molecular weight excluding hydrogens is 358 g/mol. The van der Waals surface area contributed by atoms with Crippen molar-refractivity contribution in [3.63, 3.8) is 0 Å². The Kier molecular flexibility index (Phi) is 4.95. The van der Waals surface area contributed by atoms with E-state index < -0.39 is 5.41 Å². The summed E-state index contributed by atoms with van der Waals surface area (Å²) in [6.07, 6.45) is 0. The van der Waals surface area contributed by atoms with Gasteiger partial charge in [-0.1, -0.05) is 50.2 Å². The number of hydrogen-bond donors (Lipinski definition) is 1. The van der Waals surface area contributed by atoms with E-state index in [0.29, 0.717) is 5.69 Å². The molecule has 0 bridgehead atoms. The molecule has 0 fully saturated rings. The first kappa shape index (κ1) is 19.3. The number of anilines is 1. The van der Waals surface area contributed by atoms with Crippen LogP contribution in [0.4, 0.5) is 5.69 Å². The Bertz CT molecular complexity index is 1070. The number of carbonyl (C=O) groups is 1. The fraction of sp³-hybridized carbons (Fsp3) is 0.333. The molecule has 3 aromatic rings. The summed E-state index contributed by atoms with van der Waals surface area (Å²) in [5.41, 5.74) is 2.95. The highest BCUT2D eigenvalue weighted by Gasteiger charge is 2.23. The number of fused-ring (bicyclic) bond motifs is 1. The van der Waals surface area contributed by atoms with Gasteiger partial charge in [0.25, 0.3) is 0 Å². The first-order chi connectivity index (χ1) is 12.6. The molecule has 0 aliphatic heterocycles. The highest BCUT2D eigenvalue weighted by Crippen LogP contribution is 2.37. The molecule has 1 aromatic heterocycles. The van der Waals surface area contributed by atoms with Gasteiger partial charge in [-0.15, -0.1) is 0 Å². The van der Waals surface area contributed by atoms with Crippen LogP contribution in [-0.2, 0) is 18.9 Å². The minimum atomic E-state index is -0.511. The molecule has 1 amide bonds. The van der Waals surface area contributed by atoms with Crippen molar-refractivity contribution in [2.24, 2.45) is 19.5 Å². The Hall–Kier alpha value is -2.47. The highest BCUT2D eigenvalue weighted by molar-refractivity contribution is 7.99. The van der Waals surface area contributed by atoms with Crippen LogP contribution in [-0.4, -0.2) is 15.0 Å². The van der Waals surface area contributed by atoms with Crippen LogP contribution < -0.4 is 11.0 Å². The van der Waals surface area contributed by atoms with Crippen molar-refractivity contribution in [1.29, 1.82) is 0 Å². The summed E-state index contributed by atoms with van der Waals surface area (Å²) in [7, 11) is 3.51. The van der Waals surface area contributed by atoms with E-state index in [4.69, 9.17) is 0 Å². The molecule has 0 spiro atoms. The molecule has 5 nitrogen and oxygen atoms in total. The van der Waals surface area contributed by atoms with Crippen LogP contribution in [0.2, 0.25) is 0 Å². The molecule has 0 saturated heterocycles. The number of amides is 1. The first-order valence-corrected chi connectivity index (χ1v) is 9.65. The normalized spacial score (nSPS) is 11.8. The minimum absolute atomic E-state index is 0.0615. The van der Waals surface area contributed by atoms with Crippen molar-refractivity contribution in [2.45, 2.75) is 37.5 Å². The SMILES string of the molecule is Cc1ccc(Sc2cc3c(cc2NC(=O)C(C)(C)C)n(C)c(=O)n3C)cc1. The first-order valence-electron chi connectivity index (χ1n) is 8.83. The summed E-state index contributed by atoms with van der Waals surface area (Å²) in [6, 6.07) is 12.1. The maximum Gasteiger partial charge on any atom is 0.328 e. The molecule has 3 rings (SSSR count). The zero-order valence-corrected chi connectivity index (χ0v) is 17.4. The maximum atomic E-state index is 12.6. The summed E-state index contributed by atoms with van der Waals surface area (Å²) in [6.45, 7) is 7.69. The minimum Gasteiger partial charge on any atom is -0.325 e. The van der Waals surface area contributed by atoms with Crippen LogP contribution in [0.3, 0.4) is 0 Å². The van der Waals surface area contributed by atoms with Gasteiger partial charge in [-0.2, -0.15) is 0 Å². The van der Waals surface area contributed by atoms with Gasteiger partial charge < -0.3 is 5.32 Å². The Morgan fingerprint density at radius 1 is 1.00 bits per heavy atom. The van der Waals surface area contributed by atoms with Gasteiger partial charge in [-0.25, -0.2) is 4.79 Å². The van der Waals surface area contributed by atoms with Crippen LogP contribution in [0.25, 0.3) is 11.0 Å². The molecule has 1 heterocycles. The maximum absolute atomic E-state index is 12.6. The second-order valence-corrected chi connectivity index (χ2v) is 8.97. The summed E-state index contributed by atoms with van der Waals surface area (Å²) in [5.74, 6) is -0.0615. The van der Waals surface area contributed by atoms with E-state index in [-0.39, 0.29) is 11.6 Å². The lowest BCUT2D eigenvalue weighted by Gasteiger charge is -2.19. The van der Waals surface area contributed by atoms with Crippen molar-refractivity contribution in [3.05, 3.63) is 52.4 Å². The van der Waals surface area contributed by atoms with Crippen molar-refractivity contribution in [2.75, 3.05) is 5.32 Å². The van der Waals surface area contributed by atoms with Gasteiger partial charge in [-0.3, -0.25) is 13.9 Å². The van der Waals surface area contributed by atoms with Crippen molar-refractivity contribution in [3.8, 4) is 0 Å². The van der Waals surface area contributed by atoms with E-state index in [1.54, 1.807) is 35.0 Å². The van der Waals surface area contributed by atoms with Crippen LogP contribution >= 0.6 is 11.8 Å². The van der Waals surface area contributed by atoms with Crippen LogP contribution in [0.15, 0.2) is 51.0 Å². The summed E-state index contributed by atoms with van der Waals surface area (Å²) < 4.78 is 3.23. The lowest BCUT2D eigenvalue weighted by atomic mass is 9.95. The molecule has 0 unspecified atom stereocenters. The molecule has 0 radical (unpaired) electrons. The summed E-state index contributed by atoms with van der Waals surface area (Å²) in [5, 5.41) is 3.05. The van der Waals surface area contributed by atoms with Crippen molar-refractivity contribution >= 4 is 34.4 Å². The molecule has 1 N–H and O–H groups in total. The highest BCUT2D eigenvalue weighted by atomic mass is 32.2. The number of aryl methyl sites for hydroxylation is 3. The van der Waals surface area contributed by atoms with E-state index in [2.05, 4.69) is 36.5 Å². The average Bonchev–Trinajstić information content (AvgIpc) is 2.80. The van der Waals surface area contributed by atoms with Gasteiger partial charge in [0, 0.05) is 29.3 Å². The molecule has 2 aromatic carbocycles. The average molecular weight is 384 g/mol. The molecule has 0 aliphatic carbocycles. The topological polar surface area (TPSA) is 56.0 Å². The summed E-state index contributed by atoms with van der Waals surface area (Å²) >= 11 is 1.57. The van der Waals surface area contributed by atoms with Gasteiger partial charge in [0.05, 0.1) is 16.7 Å². The lowest BCUT2D eigenvalue weighted by Crippen LogP contribution is -2.27. The predicted octanol–water partition coefficient (Wildman–Crippen LogP) is 4.32. The third kappa shape index (κ3) is 3.81. The van der Waals surface area contributed by atoms with E-state index >= 15 is 0 Å². The predicted molar refractivity (Wildman–Crippen MR) is 112 cm³/mol. The van der Waals surface area contributed by atoms with Gasteiger partial charge in [-0.05, 0) is 31.2 Å². The second-order valence-electron chi connectivity index (χ2n) is 7.86. The molecule has 142 valence electrons. The smallest absolute Gasteiger partial charge is 0.325 e. The van der Waals surface area contributed by atoms with E-state index in [0.717, 1.165) is 20.8 Å². The third-order valence-electron chi connectivity index (χ3n) is 4.55. The molecule has 0 atom stereocenters. The molecule has 6 heteroatoms. The third-order valence-corrected chi connectivity index (χ3v) is 5.62. The Morgan fingerprint density at radius 2 is 1.56 bits per heavy atom. The Balaban J connectivity index is 2.14. The monoisotopic (exact) mass is 383 g/mol. The largest absolute Gasteiger partial charge is 0.328 e. The molecule has 27 heavy (non-hydrogen) atoms. The summed E-state index contributed by atoms with van der Waals surface area (Å²) in [4.78, 5) is 26.9. The molecule has 0 saturated carbocycles. The van der Waals surface area contributed by atoms with Crippen LogP contribution in [0.1, 0.15) is 26.3 Å². The zero-order valence-electron chi connectivity index (χ0n) is 16.6. The Morgan fingerprint density at radius 3 is 2.11 bits per heavy atom. The molecular formula is C21H25N3O2S. The molecule has 0 aliphatic rings. The van der Waals surface area contributed by atoms with Gasteiger partial charge in [0.1, 0.15) is 0 Å². The van der Waals surface area contributed by atoms with E-state index in [1.165, 1.54) is 5.56 Å². The van der Waals surface area contributed by atoms with Crippen LogP contribution in [0.5, 0.6) is 0 Å². The van der Waals surface area contributed by atoms with Crippen LogP contribution in [0, 0.1) is 12.3 Å². The lowest BCUT2D eigenvalue weighted by molar-refractivity contribution is -0.123. The number of carbonyl (C=O) groups excluding carboxylic acids is 1. The second kappa shape index (κ2) is 6.93. The zero-order chi connectivity index (χ0) is 19.9. The van der Waals surface area contributed by atoms with Gasteiger partial charge >= 0.3 is 5.69 Å². The number of aromatic nitrogens is 2. The number of hydrogen-bond acceptors (Lipinski definition) is 3. The van der Waals surface area contributed by atoms with Crippen molar-refractivity contribution < 1.29 is 4.79 Å². The number of nitrogens with one attached hydrogen (secondary N) is 1. The fourth-order valence-electron chi connectivity index (χ4n) is 2.75. The van der Waals surface area contributed by atoms with Gasteiger partial charge in [0.15, 0.2) is 0 Å².